The predicted molar refractivity (Wildman–Crippen MR) is 57.1 cm³/mol. The molecule has 92 valence electrons. The monoisotopic (exact) mass is 249 g/mol. The second-order valence-electron chi connectivity index (χ2n) is 3.68. The summed E-state index contributed by atoms with van der Waals surface area (Å²) in [7, 11) is -4.75. The number of nitrogens with zero attached hydrogens (tertiary/aromatic N) is 2. The summed E-state index contributed by atoms with van der Waals surface area (Å²) in [5, 5.41) is 6.11. The van der Waals surface area contributed by atoms with Crippen molar-refractivity contribution in [1.29, 1.82) is 0 Å². The summed E-state index contributed by atoms with van der Waals surface area (Å²) < 4.78 is 33.4. The molecule has 1 aromatic heterocycles. The van der Waals surface area contributed by atoms with Gasteiger partial charge in [-0.2, -0.15) is 8.42 Å². The fourth-order valence-electron chi connectivity index (χ4n) is 1.40. The predicted octanol–water partition coefficient (Wildman–Crippen LogP) is 1.98. The van der Waals surface area contributed by atoms with Crippen molar-refractivity contribution in [3.8, 4) is 0 Å². The van der Waals surface area contributed by atoms with Gasteiger partial charge < -0.3 is 4.98 Å². The smallest absolute Gasteiger partial charge is 0.314 e. The fourth-order valence-corrected chi connectivity index (χ4v) is 1.78. The summed E-state index contributed by atoms with van der Waals surface area (Å²) in [5.41, 5.74) is 0. The number of nitrogens with one attached hydrogen (secondary N) is 1. The van der Waals surface area contributed by atoms with Crippen LogP contribution in [0.1, 0.15) is 44.9 Å². The van der Waals surface area contributed by atoms with E-state index in [0.29, 0.717) is 12.2 Å². The lowest BCUT2D eigenvalue weighted by atomic mass is 10.1. The maximum atomic E-state index is 12.5. The van der Waals surface area contributed by atoms with Crippen molar-refractivity contribution in [1.82, 2.24) is 15.2 Å². The van der Waals surface area contributed by atoms with Crippen LogP contribution in [0, 0.1) is 0 Å². The van der Waals surface area contributed by atoms with E-state index in [1.165, 1.54) is 12.8 Å². The molecule has 1 rings (SSSR count). The van der Waals surface area contributed by atoms with Crippen LogP contribution in [0.25, 0.3) is 0 Å². The fraction of sp³-hybridized carbons (Fsp3) is 0.778. The zero-order valence-corrected chi connectivity index (χ0v) is 10.1. The van der Waals surface area contributed by atoms with Gasteiger partial charge in [-0.25, -0.2) is 0 Å². The quantitative estimate of drug-likeness (QED) is 0.592. The summed E-state index contributed by atoms with van der Waals surface area (Å²) in [4.78, 5) is 2.36. The molecule has 0 radical (unpaired) electrons. The molecule has 0 aliphatic rings. The van der Waals surface area contributed by atoms with Gasteiger partial charge in [-0.15, -0.1) is 10.2 Å². The van der Waals surface area contributed by atoms with Crippen LogP contribution in [0.4, 0.5) is 3.89 Å². The first kappa shape index (κ1) is 13.1. The molecule has 0 aromatic carbocycles. The Morgan fingerprint density at radius 2 is 1.88 bits per heavy atom. The lowest BCUT2D eigenvalue weighted by molar-refractivity contribution is 0.542. The molecule has 0 aliphatic carbocycles. The molecule has 5 nitrogen and oxygen atoms in total. The number of halogens is 1. The van der Waals surface area contributed by atoms with Gasteiger partial charge in [-0.3, -0.25) is 0 Å². The lowest BCUT2D eigenvalue weighted by Gasteiger charge is -1.96. The molecule has 1 N–H and O–H groups in total. The number of aromatic amines is 1. The highest BCUT2D eigenvalue weighted by atomic mass is 32.3. The number of hydrogen-bond donors (Lipinski definition) is 1. The van der Waals surface area contributed by atoms with Gasteiger partial charge in [0.05, 0.1) is 0 Å². The largest absolute Gasteiger partial charge is 0.368 e. The molecule has 0 saturated heterocycles. The summed E-state index contributed by atoms with van der Waals surface area (Å²) >= 11 is 0. The molecule has 0 aliphatic heterocycles. The van der Waals surface area contributed by atoms with Crippen LogP contribution >= 0.6 is 0 Å². The van der Waals surface area contributed by atoms with E-state index in [9.17, 15) is 12.3 Å². The van der Waals surface area contributed by atoms with E-state index < -0.39 is 15.4 Å². The molecule has 0 fully saturated rings. The topological polar surface area (TPSA) is 75.7 Å². The number of unbranched alkanes of at least 4 members (excludes halogenated alkanes) is 4. The first-order valence-corrected chi connectivity index (χ1v) is 6.78. The van der Waals surface area contributed by atoms with Crippen molar-refractivity contribution >= 4 is 10.2 Å². The summed E-state index contributed by atoms with van der Waals surface area (Å²) in [6, 6.07) is 0. The maximum Gasteiger partial charge on any atom is 0.368 e. The zero-order chi connectivity index (χ0) is 12.0. The van der Waals surface area contributed by atoms with Gasteiger partial charge in [0.25, 0.3) is 5.16 Å². The number of hydrogen-bond acceptors (Lipinski definition) is 4. The van der Waals surface area contributed by atoms with Gasteiger partial charge in [0, 0.05) is 6.42 Å². The molecular formula is C9H16FN3O2S. The minimum atomic E-state index is -4.75. The van der Waals surface area contributed by atoms with E-state index in [-0.39, 0.29) is 0 Å². The highest BCUT2D eigenvalue weighted by Gasteiger charge is 2.17. The van der Waals surface area contributed by atoms with Crippen molar-refractivity contribution in [2.45, 2.75) is 50.6 Å². The SMILES string of the molecule is CCCCCCCc1nnc(S(=O)(=O)F)[nH]1. The van der Waals surface area contributed by atoms with E-state index in [2.05, 4.69) is 22.1 Å². The number of aryl methyl sites for hydroxylation is 1. The van der Waals surface area contributed by atoms with E-state index in [1.54, 1.807) is 0 Å². The van der Waals surface area contributed by atoms with Crippen LogP contribution in [0.3, 0.4) is 0 Å². The normalized spacial score (nSPS) is 11.9. The average molecular weight is 249 g/mol. The van der Waals surface area contributed by atoms with Crippen LogP contribution < -0.4 is 0 Å². The summed E-state index contributed by atoms with van der Waals surface area (Å²) in [6.07, 6.45) is 6.09. The third-order valence-corrected chi connectivity index (χ3v) is 2.91. The molecule has 16 heavy (non-hydrogen) atoms. The highest BCUT2D eigenvalue weighted by Crippen LogP contribution is 2.09. The van der Waals surface area contributed by atoms with Crippen LogP contribution in [0.15, 0.2) is 5.16 Å². The second kappa shape index (κ2) is 5.93. The minimum absolute atomic E-state index is 0.424. The second-order valence-corrected chi connectivity index (χ2v) is 4.94. The molecule has 0 saturated carbocycles. The molecule has 0 amide bonds. The van der Waals surface area contributed by atoms with Crippen molar-refractivity contribution in [3.05, 3.63) is 5.82 Å². The lowest BCUT2D eigenvalue weighted by Crippen LogP contribution is -1.95. The van der Waals surface area contributed by atoms with Gasteiger partial charge >= 0.3 is 10.2 Å². The molecule has 0 bridgehead atoms. The van der Waals surface area contributed by atoms with Gasteiger partial charge in [-0.1, -0.05) is 36.5 Å². The number of rotatable bonds is 7. The van der Waals surface area contributed by atoms with E-state index in [0.717, 1.165) is 19.3 Å². The first-order valence-electron chi connectivity index (χ1n) is 5.40. The molecule has 1 aromatic rings. The highest BCUT2D eigenvalue weighted by molar-refractivity contribution is 7.86. The van der Waals surface area contributed by atoms with Crippen LogP contribution in [-0.2, 0) is 16.6 Å². The van der Waals surface area contributed by atoms with E-state index in [4.69, 9.17) is 0 Å². The summed E-state index contributed by atoms with van der Waals surface area (Å²) in [6.45, 7) is 2.13. The van der Waals surface area contributed by atoms with Gasteiger partial charge in [0.2, 0.25) is 0 Å². The van der Waals surface area contributed by atoms with E-state index >= 15 is 0 Å². The Hall–Kier alpha value is -0.980. The first-order chi connectivity index (χ1) is 7.54. The third-order valence-electron chi connectivity index (χ3n) is 2.26. The van der Waals surface area contributed by atoms with Gasteiger partial charge in [0.1, 0.15) is 5.82 Å². The van der Waals surface area contributed by atoms with Crippen molar-refractivity contribution < 1.29 is 12.3 Å². The average Bonchev–Trinajstić information content (AvgIpc) is 2.65. The van der Waals surface area contributed by atoms with Gasteiger partial charge in [0.15, 0.2) is 0 Å². The number of aromatic nitrogens is 3. The maximum absolute atomic E-state index is 12.5. The Labute approximate surface area is 94.7 Å². The van der Waals surface area contributed by atoms with Crippen LogP contribution in [-0.4, -0.2) is 23.6 Å². The van der Waals surface area contributed by atoms with Crippen molar-refractivity contribution in [2.24, 2.45) is 0 Å². The van der Waals surface area contributed by atoms with Crippen LogP contribution in [0.5, 0.6) is 0 Å². The van der Waals surface area contributed by atoms with Crippen molar-refractivity contribution in [3.63, 3.8) is 0 Å². The van der Waals surface area contributed by atoms with E-state index in [1.807, 2.05) is 0 Å². The standard InChI is InChI=1S/C9H16FN3O2S/c1-2-3-4-5-6-7-8-11-9(13-12-8)16(10,14)15/h2-7H2,1H3,(H,11,12,13). The Morgan fingerprint density at radius 1 is 1.19 bits per heavy atom. The summed E-state index contributed by atoms with van der Waals surface area (Å²) in [5.74, 6) is 0.424. The zero-order valence-electron chi connectivity index (χ0n) is 9.24. The molecule has 0 spiro atoms. The molecule has 1 heterocycles. The molecule has 0 unspecified atom stereocenters. The van der Waals surface area contributed by atoms with Gasteiger partial charge in [-0.05, 0) is 6.42 Å². The molecular weight excluding hydrogens is 233 g/mol. The van der Waals surface area contributed by atoms with Crippen LogP contribution in [0.2, 0.25) is 0 Å². The Kier molecular flexibility index (Phi) is 4.85. The Morgan fingerprint density at radius 3 is 2.44 bits per heavy atom. The Bertz CT molecular complexity index is 416. The Balaban J connectivity index is 2.36. The molecule has 0 atom stereocenters. The molecule has 7 heteroatoms. The van der Waals surface area contributed by atoms with Crippen molar-refractivity contribution in [2.75, 3.05) is 0 Å². The minimum Gasteiger partial charge on any atom is -0.314 e. The number of H-pyrrole nitrogens is 1. The third kappa shape index (κ3) is 4.26.